The maximum absolute atomic E-state index is 11.1. The van der Waals surface area contributed by atoms with Gasteiger partial charge in [-0.1, -0.05) is 6.07 Å². The summed E-state index contributed by atoms with van der Waals surface area (Å²) in [6, 6.07) is 6.98. The minimum absolute atomic E-state index is 0.217. The molecule has 0 radical (unpaired) electrons. The van der Waals surface area contributed by atoms with E-state index < -0.39 is 9.84 Å². The summed E-state index contributed by atoms with van der Waals surface area (Å²) >= 11 is 5.13. The first kappa shape index (κ1) is 15.4. The molecule has 1 aromatic carbocycles. The first-order chi connectivity index (χ1) is 8.94. The Balaban J connectivity index is 1.86. The standard InChI is InChI=1S/C13H18BrNO2S2/c1-19(16,17)7-6-18-13-5-2-10(8-12(13)14)9-15-11-3-4-11/h2,5,8,11,15H,3-4,6-7,9H2,1H3. The highest BCUT2D eigenvalue weighted by atomic mass is 79.9. The molecule has 1 saturated carbocycles. The van der Waals surface area contributed by atoms with E-state index in [2.05, 4.69) is 39.4 Å². The van der Waals surface area contributed by atoms with Crippen LogP contribution in [0.2, 0.25) is 0 Å². The molecule has 1 aliphatic rings. The number of benzene rings is 1. The molecule has 3 nitrogen and oxygen atoms in total. The van der Waals surface area contributed by atoms with Gasteiger partial charge in [0.1, 0.15) is 9.84 Å². The van der Waals surface area contributed by atoms with Crippen LogP contribution in [-0.4, -0.2) is 32.2 Å². The number of nitrogens with one attached hydrogen (secondary N) is 1. The average Bonchev–Trinajstić information content (AvgIpc) is 3.11. The number of hydrogen-bond acceptors (Lipinski definition) is 4. The lowest BCUT2D eigenvalue weighted by molar-refractivity contribution is 0.603. The molecule has 0 spiro atoms. The van der Waals surface area contributed by atoms with E-state index in [-0.39, 0.29) is 5.75 Å². The second kappa shape index (κ2) is 6.61. The van der Waals surface area contributed by atoms with Crippen LogP contribution in [0, 0.1) is 0 Å². The summed E-state index contributed by atoms with van der Waals surface area (Å²) in [4.78, 5) is 1.10. The van der Waals surface area contributed by atoms with E-state index in [0.717, 1.165) is 15.9 Å². The molecule has 1 aliphatic carbocycles. The average molecular weight is 364 g/mol. The van der Waals surface area contributed by atoms with Crippen molar-refractivity contribution in [2.24, 2.45) is 0 Å². The molecular formula is C13H18BrNO2S2. The monoisotopic (exact) mass is 363 g/mol. The molecule has 0 heterocycles. The number of hydrogen-bond donors (Lipinski definition) is 1. The highest BCUT2D eigenvalue weighted by Crippen LogP contribution is 2.29. The van der Waals surface area contributed by atoms with Crippen molar-refractivity contribution in [3.05, 3.63) is 28.2 Å². The minimum Gasteiger partial charge on any atom is -0.310 e. The lowest BCUT2D eigenvalue weighted by Crippen LogP contribution is -2.15. The predicted octanol–water partition coefficient (Wildman–Crippen LogP) is 2.84. The summed E-state index contributed by atoms with van der Waals surface area (Å²) in [5, 5.41) is 3.48. The van der Waals surface area contributed by atoms with Gasteiger partial charge < -0.3 is 5.32 Å². The molecule has 0 amide bonds. The largest absolute Gasteiger partial charge is 0.310 e. The van der Waals surface area contributed by atoms with Crippen molar-refractivity contribution in [1.29, 1.82) is 0 Å². The van der Waals surface area contributed by atoms with Gasteiger partial charge in [0.15, 0.2) is 0 Å². The van der Waals surface area contributed by atoms with Gasteiger partial charge in [-0.15, -0.1) is 11.8 Å². The molecule has 106 valence electrons. The van der Waals surface area contributed by atoms with Gasteiger partial charge in [0.05, 0.1) is 5.75 Å². The van der Waals surface area contributed by atoms with Crippen molar-refractivity contribution in [2.45, 2.75) is 30.3 Å². The van der Waals surface area contributed by atoms with Crippen molar-refractivity contribution < 1.29 is 8.42 Å². The van der Waals surface area contributed by atoms with Gasteiger partial charge in [-0.3, -0.25) is 0 Å². The summed E-state index contributed by atoms with van der Waals surface area (Å²) in [6.45, 7) is 0.900. The fourth-order valence-electron chi connectivity index (χ4n) is 1.62. The Morgan fingerprint density at radius 2 is 2.16 bits per heavy atom. The van der Waals surface area contributed by atoms with Crippen LogP contribution >= 0.6 is 27.7 Å². The first-order valence-corrected chi connectivity index (χ1v) is 10.1. The van der Waals surface area contributed by atoms with Crippen LogP contribution in [0.25, 0.3) is 0 Å². The Kier molecular flexibility index (Phi) is 5.34. The second-order valence-electron chi connectivity index (χ2n) is 4.90. The van der Waals surface area contributed by atoms with E-state index in [1.165, 1.54) is 24.7 Å². The van der Waals surface area contributed by atoms with E-state index in [4.69, 9.17) is 0 Å². The molecule has 0 unspecified atom stereocenters. The quantitative estimate of drug-likeness (QED) is 0.756. The highest BCUT2D eigenvalue weighted by Gasteiger charge is 2.19. The third kappa shape index (κ3) is 5.85. The van der Waals surface area contributed by atoms with Gasteiger partial charge >= 0.3 is 0 Å². The van der Waals surface area contributed by atoms with Gasteiger partial charge in [0, 0.05) is 34.0 Å². The molecule has 6 heteroatoms. The summed E-state index contributed by atoms with van der Waals surface area (Å²) in [5.74, 6) is 0.812. The highest BCUT2D eigenvalue weighted by molar-refractivity contribution is 9.10. The van der Waals surface area contributed by atoms with E-state index in [1.807, 2.05) is 0 Å². The zero-order valence-electron chi connectivity index (χ0n) is 10.9. The molecule has 0 aromatic heterocycles. The Hall–Kier alpha value is -0.0400. The predicted molar refractivity (Wildman–Crippen MR) is 84.4 cm³/mol. The Labute approximate surface area is 127 Å². The molecule has 19 heavy (non-hydrogen) atoms. The van der Waals surface area contributed by atoms with Gasteiger partial charge in [-0.25, -0.2) is 8.42 Å². The normalized spacial score (nSPS) is 15.7. The fraction of sp³-hybridized carbons (Fsp3) is 0.538. The minimum atomic E-state index is -2.87. The summed E-state index contributed by atoms with van der Waals surface area (Å²) in [5.41, 5.74) is 1.26. The van der Waals surface area contributed by atoms with Crippen molar-refractivity contribution in [3.63, 3.8) is 0 Å². The fourth-order valence-corrected chi connectivity index (χ4v) is 4.52. The molecule has 1 N–H and O–H groups in total. The smallest absolute Gasteiger partial charge is 0.148 e. The van der Waals surface area contributed by atoms with E-state index in [1.54, 1.807) is 11.8 Å². The molecule has 0 saturated heterocycles. The Morgan fingerprint density at radius 1 is 1.42 bits per heavy atom. The van der Waals surface area contributed by atoms with Crippen LogP contribution in [-0.2, 0) is 16.4 Å². The molecule has 0 aliphatic heterocycles. The molecule has 2 rings (SSSR count). The van der Waals surface area contributed by atoms with Crippen LogP contribution in [0.1, 0.15) is 18.4 Å². The topological polar surface area (TPSA) is 46.2 Å². The molecule has 0 bridgehead atoms. The van der Waals surface area contributed by atoms with Gasteiger partial charge in [-0.05, 0) is 46.5 Å². The van der Waals surface area contributed by atoms with Crippen molar-refractivity contribution in [3.8, 4) is 0 Å². The van der Waals surface area contributed by atoms with Crippen molar-refractivity contribution in [1.82, 2.24) is 5.32 Å². The van der Waals surface area contributed by atoms with Crippen LogP contribution in [0.3, 0.4) is 0 Å². The Bertz CT molecular complexity index is 542. The van der Waals surface area contributed by atoms with E-state index in [0.29, 0.717) is 11.8 Å². The zero-order valence-corrected chi connectivity index (χ0v) is 14.1. The number of sulfone groups is 1. The maximum Gasteiger partial charge on any atom is 0.148 e. The first-order valence-electron chi connectivity index (χ1n) is 6.26. The van der Waals surface area contributed by atoms with Crippen LogP contribution < -0.4 is 5.32 Å². The maximum atomic E-state index is 11.1. The van der Waals surface area contributed by atoms with Crippen molar-refractivity contribution >= 4 is 37.5 Å². The van der Waals surface area contributed by atoms with Crippen LogP contribution in [0.15, 0.2) is 27.6 Å². The molecule has 0 atom stereocenters. The van der Waals surface area contributed by atoms with Crippen molar-refractivity contribution in [2.75, 3.05) is 17.8 Å². The number of rotatable bonds is 7. The van der Waals surface area contributed by atoms with Crippen LogP contribution in [0.5, 0.6) is 0 Å². The SMILES string of the molecule is CS(=O)(=O)CCSc1ccc(CNC2CC2)cc1Br. The van der Waals surface area contributed by atoms with Gasteiger partial charge in [0.2, 0.25) is 0 Å². The number of thioether (sulfide) groups is 1. The number of halogens is 1. The van der Waals surface area contributed by atoms with Gasteiger partial charge in [0.25, 0.3) is 0 Å². The van der Waals surface area contributed by atoms with Gasteiger partial charge in [-0.2, -0.15) is 0 Å². The summed E-state index contributed by atoms with van der Waals surface area (Å²) in [6.07, 6.45) is 3.86. The zero-order chi connectivity index (χ0) is 13.9. The summed E-state index contributed by atoms with van der Waals surface area (Å²) in [7, 11) is -2.87. The van der Waals surface area contributed by atoms with Crippen LogP contribution in [0.4, 0.5) is 0 Å². The Morgan fingerprint density at radius 3 is 2.74 bits per heavy atom. The molecular weight excluding hydrogens is 346 g/mol. The third-order valence-electron chi connectivity index (χ3n) is 2.88. The van der Waals surface area contributed by atoms with E-state index in [9.17, 15) is 8.42 Å². The van der Waals surface area contributed by atoms with E-state index >= 15 is 0 Å². The lowest BCUT2D eigenvalue weighted by Gasteiger charge is -2.08. The molecule has 1 fully saturated rings. The lowest BCUT2D eigenvalue weighted by atomic mass is 10.2. The third-order valence-corrected chi connectivity index (χ3v) is 6.08. The molecule has 1 aromatic rings. The summed E-state index contributed by atoms with van der Waals surface area (Å²) < 4.78 is 23.2. The second-order valence-corrected chi connectivity index (χ2v) is 9.15.